The number of anilines is 1. The number of hydrogen-bond donors (Lipinski definition) is 6. The van der Waals surface area contributed by atoms with Gasteiger partial charge in [-0.25, -0.2) is 15.4 Å². The number of rotatable bonds is 5. The molecule has 1 aliphatic rings. The van der Waals surface area contributed by atoms with Gasteiger partial charge in [0.05, 0.1) is 19.1 Å². The quantitative estimate of drug-likeness (QED) is 0.228. The van der Waals surface area contributed by atoms with Crippen molar-refractivity contribution in [1.29, 1.82) is 0 Å². The van der Waals surface area contributed by atoms with E-state index in [-0.39, 0.29) is 22.9 Å². The van der Waals surface area contributed by atoms with E-state index >= 15 is 0 Å². The first-order valence-corrected chi connectivity index (χ1v) is 8.65. The minimum atomic E-state index is -1.40. The first-order chi connectivity index (χ1) is 14.0. The van der Waals surface area contributed by atoms with Crippen LogP contribution in [0.1, 0.15) is 11.8 Å². The van der Waals surface area contributed by atoms with E-state index in [0.29, 0.717) is 5.56 Å². The highest BCUT2D eigenvalue weighted by Crippen LogP contribution is 2.33. The third kappa shape index (κ3) is 3.45. The lowest BCUT2D eigenvalue weighted by Crippen LogP contribution is -2.33. The van der Waals surface area contributed by atoms with Crippen LogP contribution in [0.3, 0.4) is 0 Å². The van der Waals surface area contributed by atoms with Gasteiger partial charge >= 0.3 is 0 Å². The Morgan fingerprint density at radius 3 is 2.72 bits per heavy atom. The number of aliphatic hydroxyl groups excluding tert-OH is 3. The van der Waals surface area contributed by atoms with E-state index in [2.05, 4.69) is 25.5 Å². The molecule has 152 valence electrons. The second-order valence-corrected chi connectivity index (χ2v) is 6.40. The van der Waals surface area contributed by atoms with Gasteiger partial charge in [0.2, 0.25) is 5.95 Å². The number of aromatic hydroxyl groups is 1. The molecule has 1 fully saturated rings. The van der Waals surface area contributed by atoms with Crippen LogP contribution >= 0.6 is 0 Å². The number of benzene rings is 1. The Hall–Kier alpha value is -3.32. The van der Waals surface area contributed by atoms with E-state index in [9.17, 15) is 25.2 Å². The summed E-state index contributed by atoms with van der Waals surface area (Å²) >= 11 is 0. The number of hydrazone groups is 1. The lowest BCUT2D eigenvalue weighted by molar-refractivity contribution is -0.0501. The first kappa shape index (κ1) is 19.0. The molecule has 0 bridgehead atoms. The van der Waals surface area contributed by atoms with Crippen molar-refractivity contribution in [2.24, 2.45) is 5.10 Å². The Kier molecular flexibility index (Phi) is 4.98. The molecule has 6 N–H and O–H groups in total. The number of aliphatic hydroxyl groups is 3. The minimum Gasteiger partial charge on any atom is -0.508 e. The number of aromatic nitrogens is 4. The third-order valence-corrected chi connectivity index (χ3v) is 4.53. The summed E-state index contributed by atoms with van der Waals surface area (Å²) < 4.78 is 6.84. The van der Waals surface area contributed by atoms with Gasteiger partial charge < -0.3 is 30.1 Å². The van der Waals surface area contributed by atoms with Crippen LogP contribution in [0.15, 0.2) is 40.5 Å². The number of imidazole rings is 1. The Labute approximate surface area is 162 Å². The van der Waals surface area contributed by atoms with Crippen molar-refractivity contribution in [3.63, 3.8) is 0 Å². The van der Waals surface area contributed by atoms with Crippen molar-refractivity contribution in [2.45, 2.75) is 24.5 Å². The highest BCUT2D eigenvalue weighted by Gasteiger charge is 2.45. The summed E-state index contributed by atoms with van der Waals surface area (Å²) in [6.07, 6.45) is -2.27. The maximum absolute atomic E-state index is 12.1. The zero-order valence-electron chi connectivity index (χ0n) is 14.9. The summed E-state index contributed by atoms with van der Waals surface area (Å²) in [5.74, 6) is 0.153. The molecule has 4 rings (SSSR count). The molecule has 0 radical (unpaired) electrons. The van der Waals surface area contributed by atoms with E-state index in [4.69, 9.17) is 4.74 Å². The Bertz CT molecular complexity index is 1090. The van der Waals surface area contributed by atoms with Crippen molar-refractivity contribution in [2.75, 3.05) is 12.0 Å². The molecule has 0 unspecified atom stereocenters. The zero-order chi connectivity index (χ0) is 20.5. The van der Waals surface area contributed by atoms with Crippen molar-refractivity contribution in [1.82, 2.24) is 19.5 Å². The number of hydrogen-bond acceptors (Lipinski definition) is 10. The molecule has 4 atom stereocenters. The van der Waals surface area contributed by atoms with Crippen LogP contribution in [0.5, 0.6) is 5.75 Å². The number of phenolic OH excluding ortho intramolecular Hbond substituents is 1. The number of aromatic amines is 1. The molecule has 12 nitrogen and oxygen atoms in total. The van der Waals surface area contributed by atoms with Crippen molar-refractivity contribution >= 4 is 23.3 Å². The molecule has 29 heavy (non-hydrogen) atoms. The molecule has 0 saturated carbocycles. The number of H-pyrrole nitrogens is 1. The molecule has 2 aromatic heterocycles. The predicted octanol–water partition coefficient (Wildman–Crippen LogP) is -1.12. The Morgan fingerprint density at radius 1 is 1.28 bits per heavy atom. The molecule has 0 spiro atoms. The van der Waals surface area contributed by atoms with Crippen LogP contribution in [0.25, 0.3) is 11.2 Å². The van der Waals surface area contributed by atoms with Gasteiger partial charge in [-0.05, 0) is 29.8 Å². The average Bonchev–Trinajstić information content (AvgIpc) is 3.22. The Morgan fingerprint density at radius 2 is 2.03 bits per heavy atom. The SMILES string of the molecule is O=c1[nH]cnc2c1nc(N/N=C\c1ccc(O)cc1)n2[C@@H]1O[C@H](CO)[C@@H](O)[C@H]1O. The standard InChI is InChI=1S/C17H18N6O6/c24-6-10-12(26)13(27)16(29-10)23-14-11(15(28)19-7-18-14)21-17(23)22-20-5-8-1-3-9(25)4-2-8/h1-5,7,10,12-13,16,24-27H,6H2,(H,21,22)(H,18,19,28)/b20-5-/t10-,12-,13-,16-/m1/s1. The van der Waals surface area contributed by atoms with Gasteiger partial charge in [0.25, 0.3) is 5.56 Å². The highest BCUT2D eigenvalue weighted by atomic mass is 16.6. The summed E-state index contributed by atoms with van der Waals surface area (Å²) in [5, 5.41) is 43.1. The first-order valence-electron chi connectivity index (χ1n) is 8.65. The van der Waals surface area contributed by atoms with Crippen molar-refractivity contribution in [3.8, 4) is 5.75 Å². The van der Waals surface area contributed by atoms with E-state index in [1.54, 1.807) is 12.1 Å². The summed E-state index contributed by atoms with van der Waals surface area (Å²) in [4.78, 5) is 22.8. The second kappa shape index (κ2) is 7.60. The largest absolute Gasteiger partial charge is 0.508 e. The van der Waals surface area contributed by atoms with E-state index in [1.807, 2.05) is 0 Å². The molecule has 0 amide bonds. The normalized spacial score (nSPS) is 24.5. The molecular weight excluding hydrogens is 384 g/mol. The number of ether oxygens (including phenoxy) is 1. The van der Waals surface area contributed by atoms with Crippen LogP contribution in [0, 0.1) is 0 Å². The van der Waals surface area contributed by atoms with Crippen LogP contribution in [-0.4, -0.2) is 71.1 Å². The maximum atomic E-state index is 12.1. The minimum absolute atomic E-state index is 0.0208. The van der Waals surface area contributed by atoms with E-state index in [1.165, 1.54) is 29.2 Å². The topological polar surface area (TPSA) is 178 Å². The second-order valence-electron chi connectivity index (χ2n) is 6.40. The molecule has 3 heterocycles. The molecule has 3 aromatic rings. The van der Waals surface area contributed by atoms with Gasteiger partial charge in [-0.2, -0.15) is 5.10 Å². The predicted molar refractivity (Wildman–Crippen MR) is 100 cm³/mol. The van der Waals surface area contributed by atoms with Crippen LogP contribution < -0.4 is 11.0 Å². The van der Waals surface area contributed by atoms with Gasteiger partial charge in [-0.15, -0.1) is 0 Å². The maximum Gasteiger partial charge on any atom is 0.278 e. The van der Waals surface area contributed by atoms with Crippen molar-refractivity contribution < 1.29 is 25.2 Å². The van der Waals surface area contributed by atoms with Gasteiger partial charge in [-0.3, -0.25) is 9.36 Å². The zero-order valence-corrected chi connectivity index (χ0v) is 14.9. The molecule has 0 aliphatic carbocycles. The monoisotopic (exact) mass is 402 g/mol. The summed E-state index contributed by atoms with van der Waals surface area (Å²) in [7, 11) is 0. The average molecular weight is 402 g/mol. The molecular formula is C17H18N6O6. The summed E-state index contributed by atoms with van der Waals surface area (Å²) in [6.45, 7) is -0.503. The van der Waals surface area contributed by atoms with Crippen LogP contribution in [-0.2, 0) is 4.74 Å². The number of phenols is 1. The van der Waals surface area contributed by atoms with E-state index < -0.39 is 36.7 Å². The van der Waals surface area contributed by atoms with Crippen molar-refractivity contribution in [3.05, 3.63) is 46.5 Å². The highest BCUT2D eigenvalue weighted by molar-refractivity contribution is 5.80. The summed E-state index contributed by atoms with van der Waals surface area (Å²) in [6, 6.07) is 6.28. The lowest BCUT2D eigenvalue weighted by Gasteiger charge is -2.18. The number of fused-ring (bicyclic) bond motifs is 1. The smallest absolute Gasteiger partial charge is 0.278 e. The third-order valence-electron chi connectivity index (χ3n) is 4.53. The van der Waals surface area contributed by atoms with Crippen LogP contribution in [0.2, 0.25) is 0 Å². The number of nitrogens with zero attached hydrogens (tertiary/aromatic N) is 4. The van der Waals surface area contributed by atoms with Crippen LogP contribution in [0.4, 0.5) is 5.95 Å². The van der Waals surface area contributed by atoms with E-state index in [0.717, 1.165) is 0 Å². The lowest BCUT2D eigenvalue weighted by atomic mass is 10.1. The Balaban J connectivity index is 1.72. The molecule has 12 heteroatoms. The van der Waals surface area contributed by atoms with Gasteiger partial charge in [0, 0.05) is 0 Å². The summed E-state index contributed by atoms with van der Waals surface area (Å²) in [5.41, 5.74) is 2.92. The van der Waals surface area contributed by atoms with Gasteiger partial charge in [-0.1, -0.05) is 0 Å². The van der Waals surface area contributed by atoms with Gasteiger partial charge in [0.1, 0.15) is 24.1 Å². The van der Waals surface area contributed by atoms with Gasteiger partial charge in [0.15, 0.2) is 17.4 Å². The fraction of sp³-hybridized carbons (Fsp3) is 0.294. The number of nitrogens with one attached hydrogen (secondary N) is 2. The fourth-order valence-electron chi connectivity index (χ4n) is 3.06. The fourth-order valence-corrected chi connectivity index (χ4v) is 3.06. The molecule has 1 aromatic carbocycles. The molecule has 1 saturated heterocycles. The molecule has 1 aliphatic heterocycles.